The lowest BCUT2D eigenvalue weighted by molar-refractivity contribution is 0.336. The highest BCUT2D eigenvalue weighted by atomic mass is 16.5. The van der Waals surface area contributed by atoms with E-state index in [0.717, 1.165) is 18.7 Å². The average molecular weight is 243 g/mol. The Morgan fingerprint density at radius 1 is 1.11 bits per heavy atom. The number of nitrogens with one attached hydrogen (secondary N) is 1. The monoisotopic (exact) mass is 243 g/mol. The van der Waals surface area contributed by atoms with E-state index < -0.39 is 0 Å². The van der Waals surface area contributed by atoms with E-state index in [1.807, 2.05) is 25.1 Å². The highest BCUT2D eigenvalue weighted by molar-refractivity contribution is 5.34. The van der Waals surface area contributed by atoms with E-state index in [1.54, 1.807) is 18.5 Å². The van der Waals surface area contributed by atoms with E-state index in [0.29, 0.717) is 12.6 Å². The number of nitrogens with zero attached hydrogens (tertiary/aromatic N) is 2. The summed E-state index contributed by atoms with van der Waals surface area (Å²) in [6.45, 7) is 3.47. The van der Waals surface area contributed by atoms with E-state index in [2.05, 4.69) is 21.4 Å². The molecule has 0 saturated heterocycles. The second-order valence-electron chi connectivity index (χ2n) is 3.79. The third-order valence-corrected chi connectivity index (χ3v) is 2.52. The quantitative estimate of drug-likeness (QED) is 0.847. The Kier molecular flexibility index (Phi) is 4.53. The Morgan fingerprint density at radius 3 is 2.67 bits per heavy atom. The Labute approximate surface area is 107 Å². The molecule has 1 aromatic heterocycles. The molecule has 1 N–H and O–H groups in total. The average Bonchev–Trinajstić information content (AvgIpc) is 2.42. The fourth-order valence-corrected chi connectivity index (χ4v) is 1.71. The zero-order chi connectivity index (χ0) is 12.6. The Hall–Kier alpha value is -2.10. The molecule has 94 valence electrons. The zero-order valence-electron chi connectivity index (χ0n) is 10.5. The first-order valence-electron chi connectivity index (χ1n) is 6.11. The molecule has 0 amide bonds. The highest BCUT2D eigenvalue weighted by Crippen LogP contribution is 2.18. The number of benzene rings is 1. The van der Waals surface area contributed by atoms with Crippen LogP contribution in [0, 0.1) is 0 Å². The maximum Gasteiger partial charge on any atom is 0.222 e. The van der Waals surface area contributed by atoms with E-state index >= 15 is 0 Å². The topological polar surface area (TPSA) is 47.0 Å². The van der Waals surface area contributed by atoms with Gasteiger partial charge in [0, 0.05) is 18.9 Å². The molecule has 0 spiro atoms. The normalized spacial score (nSPS) is 10.1. The van der Waals surface area contributed by atoms with Gasteiger partial charge < -0.3 is 10.1 Å². The van der Waals surface area contributed by atoms with Crippen molar-refractivity contribution in [1.82, 2.24) is 9.97 Å². The second kappa shape index (κ2) is 6.59. The van der Waals surface area contributed by atoms with Gasteiger partial charge in [0.2, 0.25) is 5.95 Å². The van der Waals surface area contributed by atoms with Gasteiger partial charge in [-0.25, -0.2) is 9.97 Å². The summed E-state index contributed by atoms with van der Waals surface area (Å²) in [6, 6.07) is 9.89. The largest absolute Gasteiger partial charge is 0.494 e. The predicted octanol–water partition coefficient (Wildman–Crippen LogP) is 2.53. The van der Waals surface area contributed by atoms with Gasteiger partial charge in [-0.05, 0) is 31.0 Å². The smallest absolute Gasteiger partial charge is 0.222 e. The van der Waals surface area contributed by atoms with Crippen molar-refractivity contribution in [2.75, 3.05) is 18.5 Å². The molecule has 1 aromatic carbocycles. The van der Waals surface area contributed by atoms with Crippen LogP contribution in [0.2, 0.25) is 0 Å². The van der Waals surface area contributed by atoms with Crippen LogP contribution in [0.25, 0.3) is 0 Å². The van der Waals surface area contributed by atoms with Crippen LogP contribution in [0.4, 0.5) is 5.95 Å². The van der Waals surface area contributed by atoms with Crippen LogP contribution < -0.4 is 10.1 Å². The minimum Gasteiger partial charge on any atom is -0.494 e. The number of para-hydroxylation sites is 1. The lowest BCUT2D eigenvalue weighted by atomic mass is 10.1. The van der Waals surface area contributed by atoms with Crippen LogP contribution in [-0.4, -0.2) is 23.1 Å². The molecule has 1 heterocycles. The molecule has 0 fully saturated rings. The molecule has 0 radical (unpaired) electrons. The SMILES string of the molecule is CCOc1ccccc1CCNc1ncccn1. The number of hydrogen-bond donors (Lipinski definition) is 1. The minimum absolute atomic E-state index is 0.659. The summed E-state index contributed by atoms with van der Waals surface area (Å²) in [5.74, 6) is 1.61. The van der Waals surface area contributed by atoms with Crippen LogP contribution in [0.5, 0.6) is 5.75 Å². The van der Waals surface area contributed by atoms with Crippen molar-refractivity contribution in [3.63, 3.8) is 0 Å². The summed E-state index contributed by atoms with van der Waals surface area (Å²) in [4.78, 5) is 8.23. The Balaban J connectivity index is 1.90. The van der Waals surface area contributed by atoms with Crippen molar-refractivity contribution >= 4 is 5.95 Å². The molecule has 0 aliphatic carbocycles. The van der Waals surface area contributed by atoms with Gasteiger partial charge in [-0.2, -0.15) is 0 Å². The maximum absolute atomic E-state index is 5.58. The second-order valence-corrected chi connectivity index (χ2v) is 3.79. The standard InChI is InChI=1S/C14H17N3O/c1-2-18-13-7-4-3-6-12(13)8-11-17-14-15-9-5-10-16-14/h3-7,9-10H,2,8,11H2,1H3,(H,15,16,17). The van der Waals surface area contributed by atoms with E-state index in [9.17, 15) is 0 Å². The molecule has 0 unspecified atom stereocenters. The van der Waals surface area contributed by atoms with Gasteiger partial charge in [0.05, 0.1) is 6.61 Å². The zero-order valence-corrected chi connectivity index (χ0v) is 10.5. The van der Waals surface area contributed by atoms with Crippen molar-refractivity contribution in [2.24, 2.45) is 0 Å². The van der Waals surface area contributed by atoms with E-state index in [4.69, 9.17) is 4.74 Å². The number of hydrogen-bond acceptors (Lipinski definition) is 4. The molecule has 4 heteroatoms. The van der Waals surface area contributed by atoms with Crippen LogP contribution in [0.15, 0.2) is 42.7 Å². The summed E-state index contributed by atoms with van der Waals surface area (Å²) in [6.07, 6.45) is 4.33. The van der Waals surface area contributed by atoms with Crippen LogP contribution >= 0.6 is 0 Å². The fraction of sp³-hybridized carbons (Fsp3) is 0.286. The molecule has 2 rings (SSSR count). The molecule has 0 aliphatic rings. The minimum atomic E-state index is 0.659. The molecule has 0 atom stereocenters. The number of anilines is 1. The molecule has 0 bridgehead atoms. The summed E-state index contributed by atoms with van der Waals surface area (Å²) < 4.78 is 5.58. The summed E-state index contributed by atoms with van der Waals surface area (Å²) in [5.41, 5.74) is 1.20. The van der Waals surface area contributed by atoms with Gasteiger partial charge in [-0.1, -0.05) is 18.2 Å². The summed E-state index contributed by atoms with van der Waals surface area (Å²) >= 11 is 0. The molecular weight excluding hydrogens is 226 g/mol. The van der Waals surface area contributed by atoms with Crippen molar-refractivity contribution in [3.05, 3.63) is 48.3 Å². The maximum atomic E-state index is 5.58. The highest BCUT2D eigenvalue weighted by Gasteiger charge is 2.02. The first-order valence-corrected chi connectivity index (χ1v) is 6.11. The van der Waals surface area contributed by atoms with Crippen molar-refractivity contribution in [2.45, 2.75) is 13.3 Å². The van der Waals surface area contributed by atoms with E-state index in [-0.39, 0.29) is 0 Å². The molecule has 18 heavy (non-hydrogen) atoms. The van der Waals surface area contributed by atoms with E-state index in [1.165, 1.54) is 5.56 Å². The van der Waals surface area contributed by atoms with Crippen molar-refractivity contribution < 1.29 is 4.74 Å². The number of rotatable bonds is 6. The van der Waals surface area contributed by atoms with Crippen molar-refractivity contribution in [3.8, 4) is 5.75 Å². The molecule has 0 saturated carbocycles. The van der Waals surface area contributed by atoms with Gasteiger partial charge in [0.1, 0.15) is 5.75 Å². The first kappa shape index (κ1) is 12.4. The predicted molar refractivity (Wildman–Crippen MR) is 71.8 cm³/mol. The molecule has 4 nitrogen and oxygen atoms in total. The van der Waals surface area contributed by atoms with Gasteiger partial charge in [0.15, 0.2) is 0 Å². The molecule has 0 aliphatic heterocycles. The lowest BCUT2D eigenvalue weighted by Crippen LogP contribution is -2.08. The Morgan fingerprint density at radius 2 is 1.89 bits per heavy atom. The summed E-state index contributed by atoms with van der Waals surface area (Å²) in [5, 5.41) is 3.18. The third kappa shape index (κ3) is 3.45. The number of ether oxygens (including phenoxy) is 1. The first-order chi connectivity index (χ1) is 8.90. The van der Waals surface area contributed by atoms with Crippen LogP contribution in [-0.2, 0) is 6.42 Å². The summed E-state index contributed by atoms with van der Waals surface area (Å²) in [7, 11) is 0. The van der Waals surface area contributed by atoms with Gasteiger partial charge in [0.25, 0.3) is 0 Å². The Bertz CT molecular complexity index is 473. The van der Waals surface area contributed by atoms with Gasteiger partial charge in [-0.15, -0.1) is 0 Å². The van der Waals surface area contributed by atoms with Crippen LogP contribution in [0.1, 0.15) is 12.5 Å². The van der Waals surface area contributed by atoms with Gasteiger partial charge in [-0.3, -0.25) is 0 Å². The van der Waals surface area contributed by atoms with Crippen molar-refractivity contribution in [1.29, 1.82) is 0 Å². The van der Waals surface area contributed by atoms with Gasteiger partial charge >= 0.3 is 0 Å². The molecular formula is C14H17N3O. The lowest BCUT2D eigenvalue weighted by Gasteiger charge is -2.10. The molecule has 2 aromatic rings. The van der Waals surface area contributed by atoms with Crippen LogP contribution in [0.3, 0.4) is 0 Å². The fourth-order valence-electron chi connectivity index (χ4n) is 1.71. The third-order valence-electron chi connectivity index (χ3n) is 2.52. The number of aromatic nitrogens is 2.